The molecular formula is C17H13ClFN3O2. The predicted octanol–water partition coefficient (Wildman–Crippen LogP) is 3.39. The van der Waals surface area contributed by atoms with Crippen LogP contribution in [-0.2, 0) is 4.79 Å². The zero-order valence-corrected chi connectivity index (χ0v) is 13.4. The van der Waals surface area contributed by atoms with E-state index in [-0.39, 0.29) is 16.3 Å². The molecule has 0 unspecified atom stereocenters. The monoisotopic (exact) mass is 345 g/mol. The zero-order valence-electron chi connectivity index (χ0n) is 12.7. The van der Waals surface area contributed by atoms with Crippen molar-refractivity contribution in [3.63, 3.8) is 0 Å². The van der Waals surface area contributed by atoms with Gasteiger partial charge in [-0.2, -0.15) is 5.10 Å². The van der Waals surface area contributed by atoms with Crippen LogP contribution in [0.4, 0.5) is 10.1 Å². The Hall–Kier alpha value is -2.73. The van der Waals surface area contributed by atoms with Crippen LogP contribution in [0.3, 0.4) is 0 Å². The second-order valence-electron chi connectivity index (χ2n) is 5.27. The van der Waals surface area contributed by atoms with Gasteiger partial charge in [-0.15, -0.1) is 0 Å². The highest BCUT2D eigenvalue weighted by Crippen LogP contribution is 2.23. The zero-order chi connectivity index (χ0) is 17.3. The molecule has 1 amide bonds. The van der Waals surface area contributed by atoms with E-state index in [9.17, 15) is 14.0 Å². The van der Waals surface area contributed by atoms with Crippen LogP contribution in [0, 0.1) is 5.82 Å². The number of nitrogens with one attached hydrogen (secondary N) is 1. The van der Waals surface area contributed by atoms with Gasteiger partial charge in [-0.05, 0) is 31.2 Å². The standard InChI is InChI=1S/C17H13ClFN3O2/c1-10(16(23)21-15-7-6-12(19)8-14(15)18)22-17(24)13-5-3-2-4-11(13)9-20-22/h2-10H,1H3,(H,21,23)/t10-/m0/s1. The summed E-state index contributed by atoms with van der Waals surface area (Å²) in [6, 6.07) is 9.79. The number of hydrogen-bond acceptors (Lipinski definition) is 3. The molecule has 0 saturated carbocycles. The van der Waals surface area contributed by atoms with Gasteiger partial charge in [0.15, 0.2) is 0 Å². The molecule has 0 spiro atoms. The molecule has 5 nitrogen and oxygen atoms in total. The van der Waals surface area contributed by atoms with E-state index >= 15 is 0 Å². The van der Waals surface area contributed by atoms with Crippen molar-refractivity contribution in [3.05, 3.63) is 69.9 Å². The minimum absolute atomic E-state index is 0.0781. The molecule has 0 saturated heterocycles. The predicted molar refractivity (Wildman–Crippen MR) is 90.8 cm³/mol. The third kappa shape index (κ3) is 3.00. The number of carbonyl (C=O) groups excluding carboxylic acids is 1. The third-order valence-corrected chi connectivity index (χ3v) is 3.97. The van der Waals surface area contributed by atoms with E-state index in [0.29, 0.717) is 10.8 Å². The van der Waals surface area contributed by atoms with Gasteiger partial charge in [0.25, 0.3) is 5.56 Å². The summed E-state index contributed by atoms with van der Waals surface area (Å²) >= 11 is 5.89. The van der Waals surface area contributed by atoms with Crippen LogP contribution in [0.2, 0.25) is 5.02 Å². The molecule has 1 aromatic heterocycles. The Morgan fingerprint density at radius 2 is 2.04 bits per heavy atom. The van der Waals surface area contributed by atoms with Gasteiger partial charge >= 0.3 is 0 Å². The Morgan fingerprint density at radius 1 is 1.29 bits per heavy atom. The molecule has 0 aliphatic rings. The first-order chi connectivity index (χ1) is 11.5. The lowest BCUT2D eigenvalue weighted by atomic mass is 10.2. The SMILES string of the molecule is C[C@@H](C(=O)Nc1ccc(F)cc1Cl)n1ncc2ccccc2c1=O. The number of carbonyl (C=O) groups is 1. The van der Waals surface area contributed by atoms with E-state index in [4.69, 9.17) is 11.6 Å². The average molecular weight is 346 g/mol. The number of amides is 1. The second kappa shape index (κ2) is 6.41. The summed E-state index contributed by atoms with van der Waals surface area (Å²) in [4.78, 5) is 24.9. The first-order valence-electron chi connectivity index (χ1n) is 7.20. The number of rotatable bonds is 3. The molecule has 0 radical (unpaired) electrons. The molecule has 3 aromatic rings. The maximum atomic E-state index is 13.1. The van der Waals surface area contributed by atoms with E-state index in [1.165, 1.54) is 18.3 Å². The molecule has 3 rings (SSSR count). The van der Waals surface area contributed by atoms with Crippen LogP contribution in [0.5, 0.6) is 0 Å². The molecule has 24 heavy (non-hydrogen) atoms. The molecule has 7 heteroatoms. The number of aromatic nitrogens is 2. The van der Waals surface area contributed by atoms with Crippen LogP contribution >= 0.6 is 11.6 Å². The van der Waals surface area contributed by atoms with Gasteiger partial charge in [-0.25, -0.2) is 9.07 Å². The van der Waals surface area contributed by atoms with Crippen molar-refractivity contribution in [1.29, 1.82) is 0 Å². The fourth-order valence-corrected chi connectivity index (χ4v) is 2.53. The molecule has 0 aliphatic carbocycles. The lowest BCUT2D eigenvalue weighted by Crippen LogP contribution is -2.33. The Balaban J connectivity index is 1.91. The molecule has 1 N–H and O–H groups in total. The van der Waals surface area contributed by atoms with Crippen molar-refractivity contribution in [2.24, 2.45) is 0 Å². The number of nitrogens with zero attached hydrogens (tertiary/aromatic N) is 2. The molecular weight excluding hydrogens is 333 g/mol. The number of halogens is 2. The fourth-order valence-electron chi connectivity index (χ4n) is 2.32. The van der Waals surface area contributed by atoms with Crippen LogP contribution < -0.4 is 10.9 Å². The Labute approximate surface area is 141 Å². The van der Waals surface area contributed by atoms with Crippen molar-refractivity contribution in [2.75, 3.05) is 5.32 Å². The third-order valence-electron chi connectivity index (χ3n) is 3.66. The van der Waals surface area contributed by atoms with Gasteiger partial charge in [0.1, 0.15) is 11.9 Å². The quantitative estimate of drug-likeness (QED) is 0.791. The smallest absolute Gasteiger partial charge is 0.275 e. The van der Waals surface area contributed by atoms with E-state index < -0.39 is 17.8 Å². The largest absolute Gasteiger partial charge is 0.323 e. The van der Waals surface area contributed by atoms with Crippen LogP contribution in [0.15, 0.2) is 53.5 Å². The summed E-state index contributed by atoms with van der Waals surface area (Å²) in [5.74, 6) is -0.980. The molecule has 2 aromatic carbocycles. The normalized spacial score (nSPS) is 12.1. The van der Waals surface area contributed by atoms with E-state index in [1.807, 2.05) is 0 Å². The first kappa shape index (κ1) is 16.1. The Morgan fingerprint density at radius 3 is 2.79 bits per heavy atom. The van der Waals surface area contributed by atoms with E-state index in [1.54, 1.807) is 31.2 Å². The summed E-state index contributed by atoms with van der Waals surface area (Å²) in [6.07, 6.45) is 1.53. The van der Waals surface area contributed by atoms with Gasteiger partial charge < -0.3 is 5.32 Å². The van der Waals surface area contributed by atoms with Gasteiger partial charge in [0.05, 0.1) is 22.3 Å². The average Bonchev–Trinajstić information content (AvgIpc) is 2.57. The highest BCUT2D eigenvalue weighted by molar-refractivity contribution is 6.33. The summed E-state index contributed by atoms with van der Waals surface area (Å²) in [6.45, 7) is 1.55. The van der Waals surface area contributed by atoms with Crippen LogP contribution in [0.1, 0.15) is 13.0 Å². The summed E-state index contributed by atoms with van der Waals surface area (Å²) in [5, 5.41) is 7.89. The van der Waals surface area contributed by atoms with Crippen molar-refractivity contribution in [3.8, 4) is 0 Å². The first-order valence-corrected chi connectivity index (χ1v) is 7.57. The van der Waals surface area contributed by atoms with Crippen molar-refractivity contribution in [2.45, 2.75) is 13.0 Å². The fraction of sp³-hybridized carbons (Fsp3) is 0.118. The van der Waals surface area contributed by atoms with Crippen molar-refractivity contribution < 1.29 is 9.18 Å². The maximum Gasteiger partial charge on any atom is 0.275 e. The molecule has 0 fully saturated rings. The molecule has 122 valence electrons. The maximum absolute atomic E-state index is 13.1. The second-order valence-corrected chi connectivity index (χ2v) is 5.68. The highest BCUT2D eigenvalue weighted by Gasteiger charge is 2.19. The van der Waals surface area contributed by atoms with Gasteiger partial charge in [0.2, 0.25) is 5.91 Å². The Kier molecular flexibility index (Phi) is 4.31. The van der Waals surface area contributed by atoms with Gasteiger partial charge in [-0.1, -0.05) is 29.8 Å². The van der Waals surface area contributed by atoms with E-state index in [2.05, 4.69) is 10.4 Å². The summed E-state index contributed by atoms with van der Waals surface area (Å²) in [5.41, 5.74) is -0.0929. The minimum Gasteiger partial charge on any atom is -0.323 e. The highest BCUT2D eigenvalue weighted by atomic mass is 35.5. The Bertz CT molecular complexity index is 987. The minimum atomic E-state index is -0.858. The van der Waals surface area contributed by atoms with Crippen molar-refractivity contribution in [1.82, 2.24) is 9.78 Å². The molecule has 1 heterocycles. The van der Waals surface area contributed by atoms with Gasteiger partial charge in [-0.3, -0.25) is 9.59 Å². The number of fused-ring (bicyclic) bond motifs is 1. The summed E-state index contributed by atoms with van der Waals surface area (Å²) < 4.78 is 14.2. The number of benzene rings is 2. The van der Waals surface area contributed by atoms with E-state index in [0.717, 1.165) is 10.7 Å². The topological polar surface area (TPSA) is 64.0 Å². The molecule has 0 bridgehead atoms. The number of hydrogen-bond donors (Lipinski definition) is 1. The molecule has 0 aliphatic heterocycles. The van der Waals surface area contributed by atoms with Crippen molar-refractivity contribution >= 4 is 34.0 Å². The molecule has 1 atom stereocenters. The van der Waals surface area contributed by atoms with Crippen LogP contribution in [-0.4, -0.2) is 15.7 Å². The van der Waals surface area contributed by atoms with Gasteiger partial charge in [0, 0.05) is 5.39 Å². The number of anilines is 1. The van der Waals surface area contributed by atoms with Crippen LogP contribution in [0.25, 0.3) is 10.8 Å². The lowest BCUT2D eigenvalue weighted by molar-refractivity contribution is -0.119. The lowest BCUT2D eigenvalue weighted by Gasteiger charge is -2.15. The summed E-state index contributed by atoms with van der Waals surface area (Å²) in [7, 11) is 0.